The maximum atomic E-state index is 12.8. The van der Waals surface area contributed by atoms with Gasteiger partial charge in [0.15, 0.2) is 5.82 Å². The second kappa shape index (κ2) is 6.13. The minimum Gasteiger partial charge on any atom is -0.363 e. The van der Waals surface area contributed by atoms with Gasteiger partial charge in [-0.2, -0.15) is 10.2 Å². The summed E-state index contributed by atoms with van der Waals surface area (Å²) in [5.74, 6) is 0.814. The molecule has 148 valence electrons. The van der Waals surface area contributed by atoms with Crippen molar-refractivity contribution in [2.75, 3.05) is 13.1 Å². The van der Waals surface area contributed by atoms with Gasteiger partial charge in [0.2, 0.25) is 0 Å². The van der Waals surface area contributed by atoms with Crippen LogP contribution in [0.2, 0.25) is 0 Å². The number of fused-ring (bicyclic) bond motifs is 1. The van der Waals surface area contributed by atoms with Gasteiger partial charge in [0.05, 0.1) is 13.1 Å². The predicted octanol–water partition coefficient (Wildman–Crippen LogP) is -0.636. The van der Waals surface area contributed by atoms with Crippen LogP contribution in [0.1, 0.15) is 35.6 Å². The molecule has 10 heteroatoms. The molecule has 2 aliphatic heterocycles. The molecule has 2 fully saturated rings. The molecule has 0 unspecified atom stereocenters. The zero-order valence-electron chi connectivity index (χ0n) is 15.7. The number of likely N-dealkylation sites (tertiary alicyclic amines) is 1. The third-order valence-electron chi connectivity index (χ3n) is 5.94. The highest BCUT2D eigenvalue weighted by atomic mass is 16.5. The van der Waals surface area contributed by atoms with E-state index >= 15 is 0 Å². The van der Waals surface area contributed by atoms with Gasteiger partial charge in [0.25, 0.3) is 5.91 Å². The number of aryl methyl sites for hydroxylation is 1. The van der Waals surface area contributed by atoms with E-state index in [0.717, 1.165) is 12.8 Å². The van der Waals surface area contributed by atoms with Gasteiger partial charge in [-0.05, 0) is 31.2 Å². The smallest absolute Gasteiger partial charge is 0.332 e. The second-order valence-electron chi connectivity index (χ2n) is 8.03. The molecule has 3 aliphatic rings. The van der Waals surface area contributed by atoms with Crippen molar-refractivity contribution in [2.45, 2.75) is 44.6 Å². The lowest BCUT2D eigenvalue weighted by atomic mass is 10.0. The van der Waals surface area contributed by atoms with Crippen molar-refractivity contribution in [3.8, 4) is 0 Å². The summed E-state index contributed by atoms with van der Waals surface area (Å²) >= 11 is 0. The van der Waals surface area contributed by atoms with E-state index in [-0.39, 0.29) is 19.1 Å². The molecule has 0 bridgehead atoms. The average Bonchev–Trinajstić information content (AvgIpc) is 3.25. The Morgan fingerprint density at radius 3 is 2.82 bits per heavy atom. The Hall–Kier alpha value is -2.75. The van der Waals surface area contributed by atoms with Crippen molar-refractivity contribution >= 4 is 5.91 Å². The summed E-state index contributed by atoms with van der Waals surface area (Å²) in [4.78, 5) is 39.6. The third kappa shape index (κ3) is 2.79. The molecule has 0 radical (unpaired) electrons. The Morgan fingerprint density at radius 2 is 2.11 bits per heavy atom. The van der Waals surface area contributed by atoms with Crippen molar-refractivity contribution in [3.05, 3.63) is 44.5 Å². The number of rotatable bonds is 3. The SMILES string of the molecule is Cn1nccc1C(=O)N1CC[C@]2(C1)Cn1c(nn(CC3CC3)c(=O)c1=O)CO2. The Morgan fingerprint density at radius 1 is 1.29 bits per heavy atom. The van der Waals surface area contributed by atoms with E-state index in [9.17, 15) is 14.4 Å². The summed E-state index contributed by atoms with van der Waals surface area (Å²) in [5, 5.41) is 8.41. The van der Waals surface area contributed by atoms with Crippen LogP contribution in [-0.2, 0) is 31.5 Å². The molecule has 0 N–H and O–H groups in total. The summed E-state index contributed by atoms with van der Waals surface area (Å²) in [5.41, 5.74) is -1.28. The third-order valence-corrected chi connectivity index (χ3v) is 5.94. The molecule has 1 aliphatic carbocycles. The van der Waals surface area contributed by atoms with Crippen LogP contribution in [0.25, 0.3) is 0 Å². The lowest BCUT2D eigenvalue weighted by Crippen LogP contribution is -2.53. The molecule has 1 amide bonds. The van der Waals surface area contributed by atoms with Gasteiger partial charge in [-0.1, -0.05) is 0 Å². The highest BCUT2D eigenvalue weighted by Gasteiger charge is 2.45. The topological polar surface area (TPSA) is 104 Å². The number of aromatic nitrogens is 5. The van der Waals surface area contributed by atoms with E-state index in [2.05, 4.69) is 10.2 Å². The van der Waals surface area contributed by atoms with Crippen LogP contribution in [0, 0.1) is 5.92 Å². The van der Waals surface area contributed by atoms with Crippen LogP contribution < -0.4 is 11.1 Å². The number of ether oxygens (including phenoxy) is 1. The molecule has 10 nitrogen and oxygen atoms in total. The number of nitrogens with zero attached hydrogens (tertiary/aromatic N) is 6. The van der Waals surface area contributed by atoms with Crippen LogP contribution >= 0.6 is 0 Å². The van der Waals surface area contributed by atoms with Crippen molar-refractivity contribution in [1.82, 2.24) is 29.0 Å². The molecule has 28 heavy (non-hydrogen) atoms. The quantitative estimate of drug-likeness (QED) is 0.650. The second-order valence-corrected chi connectivity index (χ2v) is 8.03. The van der Waals surface area contributed by atoms with Gasteiger partial charge in [-0.25, -0.2) is 4.68 Å². The molecule has 1 spiro atoms. The molecule has 1 saturated carbocycles. The van der Waals surface area contributed by atoms with Gasteiger partial charge < -0.3 is 9.64 Å². The van der Waals surface area contributed by atoms with Crippen LogP contribution in [-0.4, -0.2) is 53.6 Å². The highest BCUT2D eigenvalue weighted by molar-refractivity contribution is 5.92. The lowest BCUT2D eigenvalue weighted by molar-refractivity contribution is -0.0843. The monoisotopic (exact) mass is 386 g/mol. The van der Waals surface area contributed by atoms with E-state index in [1.807, 2.05) is 0 Å². The summed E-state index contributed by atoms with van der Waals surface area (Å²) < 4.78 is 10.4. The highest BCUT2D eigenvalue weighted by Crippen LogP contribution is 2.32. The van der Waals surface area contributed by atoms with Crippen LogP contribution in [0.3, 0.4) is 0 Å². The maximum absolute atomic E-state index is 12.8. The van der Waals surface area contributed by atoms with Gasteiger partial charge in [0, 0.05) is 26.3 Å². The fourth-order valence-electron chi connectivity index (χ4n) is 4.08. The van der Waals surface area contributed by atoms with Gasteiger partial charge in [-0.3, -0.25) is 23.6 Å². The van der Waals surface area contributed by atoms with Gasteiger partial charge in [-0.15, -0.1) is 0 Å². The number of hydrogen-bond donors (Lipinski definition) is 0. The predicted molar refractivity (Wildman–Crippen MR) is 96.7 cm³/mol. The van der Waals surface area contributed by atoms with Crippen molar-refractivity contribution in [3.63, 3.8) is 0 Å². The summed E-state index contributed by atoms with van der Waals surface area (Å²) in [7, 11) is 1.73. The lowest BCUT2D eigenvalue weighted by Gasteiger charge is -2.35. The van der Waals surface area contributed by atoms with E-state index in [0.29, 0.717) is 43.5 Å². The standard InChI is InChI=1S/C18H22N6O4/c1-21-13(4-6-19-21)15(25)22-7-5-18(10-22)11-23-14(9-28-18)20-24(8-12-2-3-12)17(27)16(23)26/h4,6,12H,2-3,5,7-11H2,1H3/t18-/m0/s1. The van der Waals surface area contributed by atoms with Gasteiger partial charge >= 0.3 is 11.1 Å². The van der Waals surface area contributed by atoms with Crippen molar-refractivity contribution in [1.29, 1.82) is 0 Å². The summed E-state index contributed by atoms with van der Waals surface area (Å²) in [6, 6.07) is 1.68. The number of amides is 1. The molecule has 2 aromatic heterocycles. The van der Waals surface area contributed by atoms with E-state index in [4.69, 9.17) is 4.74 Å². The first-order valence-electron chi connectivity index (χ1n) is 9.58. The summed E-state index contributed by atoms with van der Waals surface area (Å²) in [6.07, 6.45) is 4.34. The molecule has 0 aromatic carbocycles. The Bertz CT molecular complexity index is 1060. The Labute approximate surface area is 160 Å². The molecule has 5 rings (SSSR count). The normalized spacial score (nSPS) is 24.0. The van der Waals surface area contributed by atoms with E-state index in [1.54, 1.807) is 28.9 Å². The molecule has 1 atom stereocenters. The van der Waals surface area contributed by atoms with E-state index in [1.165, 1.54) is 9.25 Å². The van der Waals surface area contributed by atoms with E-state index < -0.39 is 16.7 Å². The first-order chi connectivity index (χ1) is 13.5. The number of carbonyl (C=O) groups excluding carboxylic acids is 1. The molecule has 1 saturated heterocycles. The Kier molecular flexibility index (Phi) is 3.80. The summed E-state index contributed by atoms with van der Waals surface area (Å²) in [6.45, 7) is 1.80. The fourth-order valence-corrected chi connectivity index (χ4v) is 4.08. The zero-order chi connectivity index (χ0) is 19.5. The average molecular weight is 386 g/mol. The largest absolute Gasteiger partial charge is 0.363 e. The first kappa shape index (κ1) is 17.4. The molecular formula is C18H22N6O4. The van der Waals surface area contributed by atoms with Crippen LogP contribution in [0.5, 0.6) is 0 Å². The number of hydrogen-bond acceptors (Lipinski definition) is 6. The molecular weight excluding hydrogens is 364 g/mol. The first-order valence-corrected chi connectivity index (χ1v) is 9.58. The van der Waals surface area contributed by atoms with Crippen LogP contribution in [0.4, 0.5) is 0 Å². The maximum Gasteiger partial charge on any atom is 0.332 e. The van der Waals surface area contributed by atoms with Crippen molar-refractivity contribution in [2.24, 2.45) is 13.0 Å². The fraction of sp³-hybridized carbons (Fsp3) is 0.611. The van der Waals surface area contributed by atoms with Crippen LogP contribution in [0.15, 0.2) is 21.9 Å². The molecule has 2 aromatic rings. The number of carbonyl (C=O) groups is 1. The van der Waals surface area contributed by atoms with Gasteiger partial charge in [0.1, 0.15) is 17.9 Å². The minimum absolute atomic E-state index is 0.114. The minimum atomic E-state index is -0.665. The zero-order valence-corrected chi connectivity index (χ0v) is 15.7. The Balaban J connectivity index is 1.39. The van der Waals surface area contributed by atoms with Crippen molar-refractivity contribution < 1.29 is 9.53 Å². The molecule has 4 heterocycles.